The highest BCUT2D eigenvalue weighted by Crippen LogP contribution is 2.27. The first-order valence-electron chi connectivity index (χ1n) is 5.71. The third-order valence-electron chi connectivity index (χ3n) is 2.51. The summed E-state index contributed by atoms with van der Waals surface area (Å²) in [7, 11) is 3.46. The molecule has 18 heavy (non-hydrogen) atoms. The molecule has 98 valence electrons. The molecule has 1 rings (SSSR count). The van der Waals surface area contributed by atoms with Crippen molar-refractivity contribution in [1.29, 1.82) is 5.26 Å². The number of aliphatic hydroxyl groups is 1. The van der Waals surface area contributed by atoms with Crippen molar-refractivity contribution in [1.82, 2.24) is 4.90 Å². The van der Waals surface area contributed by atoms with E-state index in [4.69, 9.17) is 19.8 Å². The van der Waals surface area contributed by atoms with E-state index in [2.05, 4.69) is 0 Å². The minimum absolute atomic E-state index is 0.136. The molecular weight excluding hydrogens is 232 g/mol. The quantitative estimate of drug-likeness (QED) is 0.778. The average molecular weight is 250 g/mol. The van der Waals surface area contributed by atoms with Crippen molar-refractivity contribution in [3.05, 3.63) is 23.8 Å². The summed E-state index contributed by atoms with van der Waals surface area (Å²) in [6.07, 6.45) is 0. The monoisotopic (exact) mass is 250 g/mol. The summed E-state index contributed by atoms with van der Waals surface area (Å²) in [6.45, 7) is 1.97. The van der Waals surface area contributed by atoms with Gasteiger partial charge in [-0.3, -0.25) is 0 Å². The van der Waals surface area contributed by atoms with Crippen LogP contribution in [0.1, 0.15) is 5.56 Å². The van der Waals surface area contributed by atoms with E-state index in [-0.39, 0.29) is 6.61 Å². The SMILES string of the molecule is COc1cc(C#N)ccc1OCCN(C)CCO. The summed E-state index contributed by atoms with van der Waals surface area (Å²) >= 11 is 0. The Hall–Kier alpha value is -1.77. The average Bonchev–Trinajstić information content (AvgIpc) is 2.39. The number of methoxy groups -OCH3 is 1. The molecule has 0 unspecified atom stereocenters. The molecule has 0 aliphatic heterocycles. The lowest BCUT2D eigenvalue weighted by molar-refractivity contribution is 0.190. The van der Waals surface area contributed by atoms with Crippen molar-refractivity contribution in [2.45, 2.75) is 0 Å². The van der Waals surface area contributed by atoms with Crippen molar-refractivity contribution in [2.24, 2.45) is 0 Å². The molecule has 0 atom stereocenters. The molecule has 1 N–H and O–H groups in total. The number of ether oxygens (including phenoxy) is 2. The molecule has 0 aliphatic rings. The molecule has 0 saturated heterocycles. The highest BCUT2D eigenvalue weighted by atomic mass is 16.5. The minimum Gasteiger partial charge on any atom is -0.493 e. The van der Waals surface area contributed by atoms with Crippen LogP contribution in [0.15, 0.2) is 18.2 Å². The standard InChI is InChI=1S/C13H18N2O3/c1-15(5-7-16)6-8-18-12-4-3-11(10-14)9-13(12)17-2/h3-4,9,16H,5-8H2,1-2H3. The van der Waals surface area contributed by atoms with Gasteiger partial charge in [0.1, 0.15) is 6.61 Å². The number of aliphatic hydroxyl groups excluding tert-OH is 1. The fourth-order valence-electron chi connectivity index (χ4n) is 1.45. The summed E-state index contributed by atoms with van der Waals surface area (Å²) in [5.41, 5.74) is 0.539. The Morgan fingerprint density at radius 1 is 1.33 bits per heavy atom. The largest absolute Gasteiger partial charge is 0.493 e. The van der Waals surface area contributed by atoms with Gasteiger partial charge in [0, 0.05) is 19.2 Å². The molecule has 1 aromatic rings. The van der Waals surface area contributed by atoms with E-state index in [1.165, 1.54) is 0 Å². The molecular formula is C13H18N2O3. The Kier molecular flexibility index (Phi) is 5.98. The lowest BCUT2D eigenvalue weighted by Crippen LogP contribution is -2.27. The first-order chi connectivity index (χ1) is 8.71. The molecule has 0 bridgehead atoms. The van der Waals surface area contributed by atoms with Crippen LogP contribution in [0.5, 0.6) is 11.5 Å². The number of hydrogen-bond acceptors (Lipinski definition) is 5. The molecule has 0 radical (unpaired) electrons. The lowest BCUT2D eigenvalue weighted by atomic mass is 10.2. The van der Waals surface area contributed by atoms with Crippen molar-refractivity contribution < 1.29 is 14.6 Å². The van der Waals surface area contributed by atoms with Gasteiger partial charge in [-0.2, -0.15) is 5.26 Å². The van der Waals surface area contributed by atoms with E-state index in [1.54, 1.807) is 25.3 Å². The number of nitrogens with zero attached hydrogens (tertiary/aromatic N) is 2. The third kappa shape index (κ3) is 4.24. The van der Waals surface area contributed by atoms with Crippen molar-refractivity contribution >= 4 is 0 Å². The highest BCUT2D eigenvalue weighted by Gasteiger charge is 2.06. The number of nitriles is 1. The molecule has 0 aliphatic carbocycles. The van der Waals surface area contributed by atoms with E-state index in [0.29, 0.717) is 36.8 Å². The summed E-state index contributed by atoms with van der Waals surface area (Å²) in [4.78, 5) is 1.97. The summed E-state index contributed by atoms with van der Waals surface area (Å²) < 4.78 is 10.7. The summed E-state index contributed by atoms with van der Waals surface area (Å²) in [6, 6.07) is 7.11. The van der Waals surface area contributed by atoms with Crippen LogP contribution >= 0.6 is 0 Å². The fourth-order valence-corrected chi connectivity index (χ4v) is 1.45. The molecule has 0 spiro atoms. The van der Waals surface area contributed by atoms with Crippen molar-refractivity contribution in [2.75, 3.05) is 40.5 Å². The zero-order valence-electron chi connectivity index (χ0n) is 10.7. The van der Waals surface area contributed by atoms with Gasteiger partial charge < -0.3 is 19.5 Å². The van der Waals surface area contributed by atoms with Gasteiger partial charge in [0.25, 0.3) is 0 Å². The van der Waals surface area contributed by atoms with Crippen molar-refractivity contribution in [3.8, 4) is 17.6 Å². The lowest BCUT2D eigenvalue weighted by Gasteiger charge is -2.16. The Balaban J connectivity index is 2.54. The van der Waals surface area contributed by atoms with Gasteiger partial charge in [-0.15, -0.1) is 0 Å². The Morgan fingerprint density at radius 3 is 2.72 bits per heavy atom. The van der Waals surface area contributed by atoms with Crippen LogP contribution in [0.2, 0.25) is 0 Å². The number of rotatable bonds is 7. The third-order valence-corrected chi connectivity index (χ3v) is 2.51. The van der Waals surface area contributed by atoms with Crippen LogP contribution in [-0.4, -0.2) is 50.5 Å². The zero-order chi connectivity index (χ0) is 13.4. The second kappa shape index (κ2) is 7.54. The molecule has 5 nitrogen and oxygen atoms in total. The maximum atomic E-state index is 8.78. The van der Waals surface area contributed by atoms with Gasteiger partial charge in [0.05, 0.1) is 25.3 Å². The van der Waals surface area contributed by atoms with E-state index in [1.807, 2.05) is 18.0 Å². The second-order valence-corrected chi connectivity index (χ2v) is 3.85. The van der Waals surface area contributed by atoms with Gasteiger partial charge in [-0.1, -0.05) is 0 Å². The molecule has 0 aromatic heterocycles. The minimum atomic E-state index is 0.136. The first-order valence-corrected chi connectivity index (χ1v) is 5.71. The van der Waals surface area contributed by atoms with Crippen LogP contribution in [0.3, 0.4) is 0 Å². The Labute approximate surface area is 107 Å². The maximum absolute atomic E-state index is 8.78. The molecule has 1 aromatic carbocycles. The molecule has 0 heterocycles. The molecule has 5 heteroatoms. The van der Waals surface area contributed by atoms with Gasteiger partial charge in [0.15, 0.2) is 11.5 Å². The molecule has 0 amide bonds. The van der Waals surface area contributed by atoms with E-state index >= 15 is 0 Å². The van der Waals surface area contributed by atoms with Gasteiger partial charge in [-0.25, -0.2) is 0 Å². The summed E-state index contributed by atoms with van der Waals surface area (Å²) in [5, 5.41) is 17.5. The van der Waals surface area contributed by atoms with Crippen LogP contribution in [0.25, 0.3) is 0 Å². The smallest absolute Gasteiger partial charge is 0.162 e. The Morgan fingerprint density at radius 2 is 2.11 bits per heavy atom. The van der Waals surface area contributed by atoms with E-state index in [9.17, 15) is 0 Å². The van der Waals surface area contributed by atoms with Gasteiger partial charge in [0.2, 0.25) is 0 Å². The predicted molar refractivity (Wildman–Crippen MR) is 67.8 cm³/mol. The first kappa shape index (κ1) is 14.3. The van der Waals surface area contributed by atoms with Crippen molar-refractivity contribution in [3.63, 3.8) is 0 Å². The number of hydrogen-bond donors (Lipinski definition) is 1. The normalized spacial score (nSPS) is 10.2. The van der Waals surface area contributed by atoms with Gasteiger partial charge >= 0.3 is 0 Å². The Bertz CT molecular complexity index is 415. The van der Waals surface area contributed by atoms with Crippen LogP contribution in [0, 0.1) is 11.3 Å². The summed E-state index contributed by atoms with van der Waals surface area (Å²) in [5.74, 6) is 1.17. The molecule has 0 fully saturated rings. The number of benzene rings is 1. The van der Waals surface area contributed by atoms with E-state index < -0.39 is 0 Å². The zero-order valence-corrected chi connectivity index (χ0v) is 10.7. The van der Waals surface area contributed by atoms with Crippen LogP contribution in [0.4, 0.5) is 0 Å². The maximum Gasteiger partial charge on any atom is 0.162 e. The van der Waals surface area contributed by atoms with Crippen LogP contribution in [-0.2, 0) is 0 Å². The van der Waals surface area contributed by atoms with Crippen LogP contribution < -0.4 is 9.47 Å². The van der Waals surface area contributed by atoms with E-state index in [0.717, 1.165) is 0 Å². The predicted octanol–water partition coefficient (Wildman–Crippen LogP) is 0.870. The second-order valence-electron chi connectivity index (χ2n) is 3.85. The topological polar surface area (TPSA) is 65.7 Å². The van der Waals surface area contributed by atoms with Gasteiger partial charge in [-0.05, 0) is 19.2 Å². The fraction of sp³-hybridized carbons (Fsp3) is 0.462. The number of likely N-dealkylation sites (N-methyl/N-ethyl adjacent to an activating group) is 1. The highest BCUT2D eigenvalue weighted by molar-refractivity contribution is 5.46. The molecule has 0 saturated carbocycles.